The molecule has 5 atom stereocenters. The molecule has 0 aliphatic carbocycles. The molecule has 36 heavy (non-hydrogen) atoms. The maximum Gasteiger partial charge on any atom is 0.192 e. The van der Waals surface area contributed by atoms with Crippen LogP contribution in [0, 0.1) is 5.92 Å². The number of aliphatic hydroxyl groups is 1. The van der Waals surface area contributed by atoms with Crippen LogP contribution in [-0.4, -0.2) is 57.3 Å². The van der Waals surface area contributed by atoms with Gasteiger partial charge in [0, 0.05) is 18.6 Å². The highest BCUT2D eigenvalue weighted by atomic mass is 28.4. The standard InChI is InChI=1S/C28H47FO6Si/c1-19(20(2)35-36(9,10)27(3,4)5)17-23(29)25(26-24(15-16-30)33-28(6,7)34-26)32-18-21-11-13-22(31-8)14-12-21/h11-14,17,19-20,24-26,30H,15-16,18H2,1-10H3/b23-17+/t19-,20-,24+,25-,26+/m1/s1. The summed E-state index contributed by atoms with van der Waals surface area (Å²) in [4.78, 5) is 0. The molecule has 1 aliphatic rings. The fourth-order valence-electron chi connectivity index (χ4n) is 3.94. The van der Waals surface area contributed by atoms with Crippen LogP contribution in [0.25, 0.3) is 0 Å². The lowest BCUT2D eigenvalue weighted by molar-refractivity contribution is -0.158. The van der Waals surface area contributed by atoms with Gasteiger partial charge < -0.3 is 28.5 Å². The highest BCUT2D eigenvalue weighted by molar-refractivity contribution is 6.74. The molecule has 1 fully saturated rings. The molecule has 0 unspecified atom stereocenters. The monoisotopic (exact) mass is 526 g/mol. The third-order valence-electron chi connectivity index (χ3n) is 7.24. The lowest BCUT2D eigenvalue weighted by atomic mass is 10.00. The zero-order chi connectivity index (χ0) is 27.3. The van der Waals surface area contributed by atoms with Crippen LogP contribution in [0.2, 0.25) is 18.1 Å². The molecular formula is C28H47FO6Si. The molecule has 206 valence electrons. The van der Waals surface area contributed by atoms with Crippen LogP contribution in [0.3, 0.4) is 0 Å². The van der Waals surface area contributed by atoms with Gasteiger partial charge in [0.25, 0.3) is 0 Å². The number of rotatable bonds is 12. The van der Waals surface area contributed by atoms with E-state index >= 15 is 4.39 Å². The summed E-state index contributed by atoms with van der Waals surface area (Å²) in [6.45, 7) is 18.6. The minimum absolute atomic E-state index is 0.0609. The molecule has 1 aromatic rings. The van der Waals surface area contributed by atoms with Gasteiger partial charge in [-0.25, -0.2) is 4.39 Å². The Morgan fingerprint density at radius 1 is 1.17 bits per heavy atom. The molecule has 0 spiro atoms. The van der Waals surface area contributed by atoms with Gasteiger partial charge in [-0.2, -0.15) is 0 Å². The topological polar surface area (TPSA) is 66.4 Å². The van der Waals surface area contributed by atoms with Gasteiger partial charge in [0.15, 0.2) is 14.1 Å². The molecule has 2 rings (SSSR count). The van der Waals surface area contributed by atoms with Gasteiger partial charge in [-0.1, -0.05) is 39.8 Å². The summed E-state index contributed by atoms with van der Waals surface area (Å²) in [6, 6.07) is 7.45. The fraction of sp³-hybridized carbons (Fsp3) is 0.714. The first-order valence-electron chi connectivity index (χ1n) is 12.9. The lowest BCUT2D eigenvalue weighted by Crippen LogP contribution is -2.44. The second-order valence-corrected chi connectivity index (χ2v) is 16.5. The van der Waals surface area contributed by atoms with Crippen molar-refractivity contribution in [3.63, 3.8) is 0 Å². The molecule has 0 amide bonds. The van der Waals surface area contributed by atoms with E-state index in [-0.39, 0.29) is 30.3 Å². The van der Waals surface area contributed by atoms with E-state index in [9.17, 15) is 5.11 Å². The number of benzene rings is 1. The predicted octanol–water partition coefficient (Wildman–Crippen LogP) is 6.38. The molecule has 0 saturated carbocycles. The number of ether oxygens (including phenoxy) is 4. The molecule has 1 aromatic carbocycles. The predicted molar refractivity (Wildman–Crippen MR) is 143 cm³/mol. The summed E-state index contributed by atoms with van der Waals surface area (Å²) < 4.78 is 45.9. The summed E-state index contributed by atoms with van der Waals surface area (Å²) in [6.07, 6.45) is -0.449. The fourth-order valence-corrected chi connectivity index (χ4v) is 5.44. The molecule has 1 N–H and O–H groups in total. The second-order valence-electron chi connectivity index (χ2n) is 11.7. The van der Waals surface area contributed by atoms with Crippen molar-refractivity contribution < 1.29 is 32.9 Å². The molecular weight excluding hydrogens is 479 g/mol. The van der Waals surface area contributed by atoms with E-state index in [2.05, 4.69) is 33.9 Å². The lowest BCUT2D eigenvalue weighted by Gasteiger charge is -2.39. The van der Waals surface area contributed by atoms with Crippen LogP contribution in [0.1, 0.15) is 60.5 Å². The molecule has 0 aromatic heterocycles. The molecule has 0 radical (unpaired) electrons. The van der Waals surface area contributed by atoms with Crippen molar-refractivity contribution in [2.24, 2.45) is 5.92 Å². The van der Waals surface area contributed by atoms with Crippen molar-refractivity contribution in [3.8, 4) is 5.75 Å². The zero-order valence-electron chi connectivity index (χ0n) is 23.8. The highest BCUT2D eigenvalue weighted by Crippen LogP contribution is 2.39. The number of aliphatic hydroxyl groups excluding tert-OH is 1. The van der Waals surface area contributed by atoms with Crippen molar-refractivity contribution in [2.75, 3.05) is 13.7 Å². The summed E-state index contributed by atoms with van der Waals surface area (Å²) in [5.74, 6) is -0.770. The smallest absolute Gasteiger partial charge is 0.192 e. The van der Waals surface area contributed by atoms with E-state index in [0.717, 1.165) is 11.3 Å². The third kappa shape index (κ3) is 8.36. The average molecular weight is 527 g/mol. The average Bonchev–Trinajstić information content (AvgIpc) is 3.07. The zero-order valence-corrected chi connectivity index (χ0v) is 24.8. The first kappa shape index (κ1) is 30.9. The first-order chi connectivity index (χ1) is 16.6. The Bertz CT molecular complexity index is 849. The Labute approximate surface area is 218 Å². The van der Waals surface area contributed by atoms with Crippen LogP contribution < -0.4 is 4.74 Å². The van der Waals surface area contributed by atoms with Gasteiger partial charge in [0.1, 0.15) is 23.8 Å². The van der Waals surface area contributed by atoms with Crippen molar-refractivity contribution in [1.82, 2.24) is 0 Å². The molecule has 1 aliphatic heterocycles. The Balaban J connectivity index is 2.28. The van der Waals surface area contributed by atoms with E-state index in [4.69, 9.17) is 23.4 Å². The number of methoxy groups -OCH3 is 1. The Morgan fingerprint density at radius 2 is 1.78 bits per heavy atom. The molecule has 1 heterocycles. The minimum atomic E-state index is -2.01. The SMILES string of the molecule is COc1ccc(CO[C@H](/C(F)=C\[C@@H](C)[C@@H](C)O[Si](C)(C)C(C)(C)C)[C@H]2OC(C)(C)O[C@H]2CCO)cc1. The van der Waals surface area contributed by atoms with Crippen LogP contribution >= 0.6 is 0 Å². The van der Waals surface area contributed by atoms with Gasteiger partial charge in [-0.15, -0.1) is 0 Å². The maximum absolute atomic E-state index is 16.0. The summed E-state index contributed by atoms with van der Waals surface area (Å²) >= 11 is 0. The van der Waals surface area contributed by atoms with E-state index < -0.39 is 38.2 Å². The number of hydrogen-bond acceptors (Lipinski definition) is 6. The van der Waals surface area contributed by atoms with Crippen LogP contribution in [0.15, 0.2) is 36.2 Å². The number of halogens is 1. The van der Waals surface area contributed by atoms with Gasteiger partial charge in [0.05, 0.1) is 19.8 Å². The maximum atomic E-state index is 16.0. The van der Waals surface area contributed by atoms with Gasteiger partial charge in [-0.3, -0.25) is 0 Å². The molecule has 1 saturated heterocycles. The van der Waals surface area contributed by atoms with Crippen molar-refractivity contribution in [2.45, 2.75) is 110 Å². The van der Waals surface area contributed by atoms with Crippen LogP contribution in [0.4, 0.5) is 4.39 Å². The highest BCUT2D eigenvalue weighted by Gasteiger charge is 2.47. The first-order valence-corrected chi connectivity index (χ1v) is 15.8. The summed E-state index contributed by atoms with van der Waals surface area (Å²) in [7, 11) is -0.398. The van der Waals surface area contributed by atoms with E-state index in [1.807, 2.05) is 38.1 Å². The van der Waals surface area contributed by atoms with Gasteiger partial charge in [0.2, 0.25) is 0 Å². The van der Waals surface area contributed by atoms with Crippen LogP contribution in [-0.2, 0) is 25.2 Å². The van der Waals surface area contributed by atoms with Crippen molar-refractivity contribution in [1.29, 1.82) is 0 Å². The quantitative estimate of drug-likeness (QED) is 0.319. The van der Waals surface area contributed by atoms with E-state index in [1.165, 1.54) is 0 Å². The normalized spacial score (nSPS) is 23.4. The van der Waals surface area contributed by atoms with E-state index in [1.54, 1.807) is 27.0 Å². The molecule has 6 nitrogen and oxygen atoms in total. The second kappa shape index (κ2) is 12.5. The van der Waals surface area contributed by atoms with Crippen LogP contribution in [0.5, 0.6) is 5.75 Å². The Morgan fingerprint density at radius 3 is 2.31 bits per heavy atom. The Kier molecular flexibility index (Phi) is 10.7. The van der Waals surface area contributed by atoms with Gasteiger partial charge >= 0.3 is 0 Å². The van der Waals surface area contributed by atoms with Crippen molar-refractivity contribution >= 4 is 8.32 Å². The number of hydrogen-bond donors (Lipinski definition) is 1. The summed E-state index contributed by atoms with van der Waals surface area (Å²) in [5.41, 5.74) is 0.883. The van der Waals surface area contributed by atoms with E-state index in [0.29, 0.717) is 6.42 Å². The minimum Gasteiger partial charge on any atom is -0.497 e. The Hall–Kier alpha value is -1.29. The summed E-state index contributed by atoms with van der Waals surface area (Å²) in [5, 5.41) is 9.64. The molecule has 8 heteroatoms. The molecule has 0 bridgehead atoms. The van der Waals surface area contributed by atoms with Crippen molar-refractivity contribution in [3.05, 3.63) is 41.7 Å². The van der Waals surface area contributed by atoms with Gasteiger partial charge in [-0.05, 0) is 69.1 Å². The largest absolute Gasteiger partial charge is 0.497 e. The third-order valence-corrected chi connectivity index (χ3v) is 11.8.